The molecule has 0 aromatic carbocycles. The minimum absolute atomic E-state index is 0. The van der Waals surface area contributed by atoms with Gasteiger partial charge in [0.2, 0.25) is 0 Å². The normalized spacial score (nSPS) is 9.31. The molecular weight excluding hydrogens is 159 g/mol. The zero-order chi connectivity index (χ0) is 9.23. The number of carboxylic acid groups (broad SMARTS) is 1. The fourth-order valence-electron chi connectivity index (χ4n) is 1.23. The van der Waals surface area contributed by atoms with E-state index in [9.17, 15) is 4.79 Å². The average Bonchev–Trinajstić information content (AvgIpc) is 2.02. The van der Waals surface area contributed by atoms with Gasteiger partial charge in [-0.2, -0.15) is 0 Å². The third-order valence-electron chi connectivity index (χ3n) is 1.99. The molecule has 0 amide bonds. The first-order valence-corrected chi connectivity index (χ1v) is 4.99. The van der Waals surface area contributed by atoms with E-state index in [0.717, 1.165) is 12.8 Å². The predicted molar refractivity (Wildman–Crippen MR) is 57.4 cm³/mol. The van der Waals surface area contributed by atoms with E-state index in [2.05, 4.69) is 6.92 Å². The second kappa shape index (κ2) is 12.1. The Kier molecular flexibility index (Phi) is 14.4. The van der Waals surface area contributed by atoms with Crippen LogP contribution in [0.3, 0.4) is 0 Å². The zero-order valence-electron chi connectivity index (χ0n) is 8.01. The van der Waals surface area contributed by atoms with Crippen LogP contribution in [0.4, 0.5) is 0 Å². The van der Waals surface area contributed by atoms with Crippen molar-refractivity contribution >= 4 is 24.8 Å². The van der Waals surface area contributed by atoms with Crippen molar-refractivity contribution in [1.82, 2.24) is 0 Å². The maximum absolute atomic E-state index is 10.1. The van der Waals surface area contributed by atoms with Gasteiger partial charge in [-0.3, -0.25) is 4.79 Å². The third-order valence-corrected chi connectivity index (χ3v) is 1.99. The third kappa shape index (κ3) is 14.9. The Morgan fingerprint density at radius 2 is 1.46 bits per heavy atom. The van der Waals surface area contributed by atoms with E-state index < -0.39 is 5.97 Å². The number of aliphatic carboxylic acids is 1. The Morgan fingerprint density at radius 1 is 1.00 bits per heavy atom. The number of unbranched alkanes of at least 4 members (excludes halogenated alkanes) is 6. The second-order valence-electron chi connectivity index (χ2n) is 3.27. The van der Waals surface area contributed by atoms with Crippen LogP contribution in [0.1, 0.15) is 58.3 Å². The van der Waals surface area contributed by atoms with Crippen LogP contribution in [-0.4, -0.2) is 29.9 Å². The molecule has 13 heavy (non-hydrogen) atoms. The summed E-state index contributed by atoms with van der Waals surface area (Å²) >= 11 is 0. The molecule has 0 rings (SSSR count). The molecule has 0 aliphatic heterocycles. The van der Waals surface area contributed by atoms with Gasteiger partial charge in [0, 0.05) is 6.42 Å². The molecule has 0 saturated heterocycles. The Labute approximate surface area is 93.3 Å². The first kappa shape index (κ1) is 15.5. The van der Waals surface area contributed by atoms with Crippen molar-refractivity contribution in [3.63, 3.8) is 0 Å². The number of carbonyl (C=O) groups is 1. The van der Waals surface area contributed by atoms with Crippen molar-refractivity contribution in [2.24, 2.45) is 0 Å². The fraction of sp³-hybridized carbons (Fsp3) is 0.900. The molecule has 1 N–H and O–H groups in total. The molecular formula is C10H21LiO2. The number of hydrogen-bond acceptors (Lipinski definition) is 1. The van der Waals surface area contributed by atoms with Gasteiger partial charge in [0.1, 0.15) is 0 Å². The molecule has 3 heteroatoms. The van der Waals surface area contributed by atoms with Crippen molar-refractivity contribution in [3.05, 3.63) is 0 Å². The van der Waals surface area contributed by atoms with E-state index >= 15 is 0 Å². The van der Waals surface area contributed by atoms with Gasteiger partial charge in [0.15, 0.2) is 0 Å². The minimum atomic E-state index is -0.663. The van der Waals surface area contributed by atoms with Crippen LogP contribution in [0.5, 0.6) is 0 Å². The summed E-state index contributed by atoms with van der Waals surface area (Å²) in [6.07, 6.45) is 8.64. The van der Waals surface area contributed by atoms with Crippen LogP contribution >= 0.6 is 0 Å². The Morgan fingerprint density at radius 3 is 1.92 bits per heavy atom. The molecule has 0 spiro atoms. The van der Waals surface area contributed by atoms with E-state index in [-0.39, 0.29) is 18.9 Å². The van der Waals surface area contributed by atoms with E-state index in [1.54, 1.807) is 0 Å². The topological polar surface area (TPSA) is 37.3 Å². The van der Waals surface area contributed by atoms with Crippen LogP contribution < -0.4 is 0 Å². The van der Waals surface area contributed by atoms with E-state index in [4.69, 9.17) is 5.11 Å². The summed E-state index contributed by atoms with van der Waals surface area (Å²) in [6.45, 7) is 2.20. The van der Waals surface area contributed by atoms with Crippen LogP contribution in [-0.2, 0) is 4.79 Å². The number of rotatable bonds is 8. The molecule has 0 fully saturated rings. The summed E-state index contributed by atoms with van der Waals surface area (Å²) in [5.74, 6) is -0.663. The SMILES string of the molecule is CCCCCCCCCC(=O)O.[LiH]. The van der Waals surface area contributed by atoms with Gasteiger partial charge in [-0.25, -0.2) is 0 Å². The maximum atomic E-state index is 10.1. The molecule has 0 aromatic heterocycles. The molecule has 0 atom stereocenters. The van der Waals surface area contributed by atoms with Gasteiger partial charge >= 0.3 is 24.8 Å². The summed E-state index contributed by atoms with van der Waals surface area (Å²) in [5.41, 5.74) is 0. The summed E-state index contributed by atoms with van der Waals surface area (Å²) in [4.78, 5) is 10.1. The molecule has 0 aliphatic rings. The van der Waals surface area contributed by atoms with E-state index in [0.29, 0.717) is 6.42 Å². The molecule has 0 heterocycles. The van der Waals surface area contributed by atoms with E-state index in [1.807, 2.05) is 0 Å². The second-order valence-corrected chi connectivity index (χ2v) is 3.27. The molecule has 0 bridgehead atoms. The average molecular weight is 180 g/mol. The summed E-state index contributed by atoms with van der Waals surface area (Å²) in [6, 6.07) is 0. The zero-order valence-corrected chi connectivity index (χ0v) is 8.01. The molecule has 74 valence electrons. The van der Waals surface area contributed by atoms with Crippen molar-refractivity contribution in [3.8, 4) is 0 Å². The first-order chi connectivity index (χ1) is 5.77. The van der Waals surface area contributed by atoms with Crippen molar-refractivity contribution in [1.29, 1.82) is 0 Å². The molecule has 2 nitrogen and oxygen atoms in total. The molecule has 0 saturated carbocycles. The van der Waals surface area contributed by atoms with Gasteiger partial charge in [-0.15, -0.1) is 0 Å². The van der Waals surface area contributed by atoms with Crippen LogP contribution in [0.15, 0.2) is 0 Å². The van der Waals surface area contributed by atoms with Gasteiger partial charge in [0.25, 0.3) is 0 Å². The molecule has 0 aromatic rings. The quantitative estimate of drug-likeness (QED) is 0.460. The number of carboxylic acids is 1. The van der Waals surface area contributed by atoms with Crippen LogP contribution in [0, 0.1) is 0 Å². The Balaban J connectivity index is 0. The standard InChI is InChI=1S/C10H20O2.Li.H/c1-2-3-4-5-6-7-8-9-10(11)12;;/h2-9H2,1H3,(H,11,12);;. The molecule has 0 unspecified atom stereocenters. The fourth-order valence-corrected chi connectivity index (χ4v) is 1.23. The monoisotopic (exact) mass is 180 g/mol. The first-order valence-electron chi connectivity index (χ1n) is 4.99. The van der Waals surface area contributed by atoms with Crippen molar-refractivity contribution < 1.29 is 9.90 Å². The summed E-state index contributed by atoms with van der Waals surface area (Å²) in [5, 5.41) is 8.35. The van der Waals surface area contributed by atoms with Gasteiger partial charge in [-0.1, -0.05) is 45.4 Å². The van der Waals surface area contributed by atoms with Crippen molar-refractivity contribution in [2.45, 2.75) is 58.3 Å². The molecule has 0 radical (unpaired) electrons. The van der Waals surface area contributed by atoms with Gasteiger partial charge in [0.05, 0.1) is 0 Å². The van der Waals surface area contributed by atoms with Gasteiger partial charge in [-0.05, 0) is 6.42 Å². The van der Waals surface area contributed by atoms with Crippen LogP contribution in [0.2, 0.25) is 0 Å². The summed E-state index contributed by atoms with van der Waals surface area (Å²) in [7, 11) is 0. The van der Waals surface area contributed by atoms with Gasteiger partial charge < -0.3 is 5.11 Å². The van der Waals surface area contributed by atoms with Crippen LogP contribution in [0.25, 0.3) is 0 Å². The van der Waals surface area contributed by atoms with Crippen molar-refractivity contribution in [2.75, 3.05) is 0 Å². The number of hydrogen-bond donors (Lipinski definition) is 1. The Bertz CT molecular complexity index is 115. The molecule has 0 aliphatic carbocycles. The van der Waals surface area contributed by atoms with E-state index in [1.165, 1.54) is 32.1 Å². The predicted octanol–water partition coefficient (Wildman–Crippen LogP) is 2.56. The summed E-state index contributed by atoms with van der Waals surface area (Å²) < 4.78 is 0. The Hall–Kier alpha value is 0.0674.